The van der Waals surface area contributed by atoms with Crippen LogP contribution in [-0.4, -0.2) is 14.6 Å². The van der Waals surface area contributed by atoms with Crippen molar-refractivity contribution in [3.05, 3.63) is 80.4 Å². The van der Waals surface area contributed by atoms with Crippen molar-refractivity contribution in [2.24, 2.45) is 0 Å². The fraction of sp³-hybridized carbons (Fsp3) is 0.0625. The van der Waals surface area contributed by atoms with Gasteiger partial charge in [-0.25, -0.2) is 4.39 Å². The number of para-hydroxylation sites is 1. The van der Waals surface area contributed by atoms with Gasteiger partial charge in [-0.2, -0.15) is 0 Å². The molecule has 6 nitrogen and oxygen atoms in total. The molecule has 0 unspecified atom stereocenters. The first kappa shape index (κ1) is 14.7. The summed E-state index contributed by atoms with van der Waals surface area (Å²) in [4.78, 5) is 22.6. The molecule has 0 fully saturated rings. The maximum Gasteiger partial charge on any atom is 0.375 e. The smallest absolute Gasteiger partial charge is 0.375 e. The van der Waals surface area contributed by atoms with E-state index in [0.29, 0.717) is 11.1 Å². The number of fused-ring (bicyclic) bond motifs is 1. The molecule has 2 aromatic carbocycles. The molecular weight excluding hydrogens is 303 g/mol. The highest BCUT2D eigenvalue weighted by Crippen LogP contribution is 2.31. The Morgan fingerprint density at radius 3 is 2.43 bits per heavy atom. The van der Waals surface area contributed by atoms with Gasteiger partial charge in [-0.15, -0.1) is 0 Å². The molecule has 0 aliphatic heterocycles. The number of benzene rings is 2. The molecule has 1 N–H and O–H groups in total. The summed E-state index contributed by atoms with van der Waals surface area (Å²) in [5.74, 6) is -1.06. The molecule has 0 aliphatic rings. The predicted molar refractivity (Wildman–Crippen MR) is 82.0 cm³/mol. The van der Waals surface area contributed by atoms with E-state index >= 15 is 0 Å². The van der Waals surface area contributed by atoms with Crippen LogP contribution in [0.15, 0.2) is 53.3 Å². The van der Waals surface area contributed by atoms with E-state index in [1.54, 1.807) is 18.2 Å². The summed E-state index contributed by atoms with van der Waals surface area (Å²) >= 11 is 0. The fourth-order valence-electron chi connectivity index (χ4n) is 2.47. The molecule has 23 heavy (non-hydrogen) atoms. The van der Waals surface area contributed by atoms with Crippen molar-refractivity contribution >= 4 is 16.6 Å². The van der Waals surface area contributed by atoms with Gasteiger partial charge in [0.15, 0.2) is 0 Å². The summed E-state index contributed by atoms with van der Waals surface area (Å²) in [6.07, 6.45) is 0. The van der Waals surface area contributed by atoms with Crippen molar-refractivity contribution < 1.29 is 14.4 Å². The van der Waals surface area contributed by atoms with Crippen LogP contribution in [0.4, 0.5) is 10.1 Å². The number of nitro groups is 1. The Labute approximate surface area is 129 Å². The minimum Gasteiger partial charge on any atom is -0.501 e. The van der Waals surface area contributed by atoms with E-state index in [2.05, 4.69) is 0 Å². The minimum absolute atomic E-state index is 0.0285. The van der Waals surface area contributed by atoms with Crippen molar-refractivity contribution in [1.29, 1.82) is 0 Å². The third-order valence-electron chi connectivity index (χ3n) is 3.56. The van der Waals surface area contributed by atoms with Gasteiger partial charge >= 0.3 is 11.2 Å². The van der Waals surface area contributed by atoms with Crippen LogP contribution in [0.25, 0.3) is 10.9 Å². The lowest BCUT2D eigenvalue weighted by atomic mass is 10.1. The van der Waals surface area contributed by atoms with Crippen LogP contribution in [-0.2, 0) is 6.54 Å². The van der Waals surface area contributed by atoms with Gasteiger partial charge in [0.2, 0.25) is 5.75 Å². The highest BCUT2D eigenvalue weighted by atomic mass is 19.1. The Kier molecular flexibility index (Phi) is 3.53. The molecule has 3 aromatic rings. The zero-order valence-electron chi connectivity index (χ0n) is 11.8. The summed E-state index contributed by atoms with van der Waals surface area (Å²) < 4.78 is 14.2. The third-order valence-corrected chi connectivity index (χ3v) is 3.56. The Hall–Kier alpha value is -3.22. The van der Waals surface area contributed by atoms with E-state index in [-0.39, 0.29) is 11.9 Å². The normalized spacial score (nSPS) is 10.8. The summed E-state index contributed by atoms with van der Waals surface area (Å²) in [6, 6.07) is 11.8. The molecule has 3 rings (SSSR count). The first-order valence-electron chi connectivity index (χ1n) is 6.72. The van der Waals surface area contributed by atoms with E-state index in [9.17, 15) is 24.4 Å². The average Bonchev–Trinajstić information content (AvgIpc) is 2.53. The standard InChI is InChI=1S/C16H11FN2O4/c17-11-7-5-10(6-8-11)9-18-13-4-2-1-3-12(13)15(20)14(16(18)21)19(22)23/h1-8,20H,9H2. The SMILES string of the molecule is O=c1c([N+](=O)[O-])c(O)c2ccccc2n1Cc1ccc(F)cc1. The van der Waals surface area contributed by atoms with Gasteiger partial charge in [0.1, 0.15) is 5.82 Å². The Balaban J connectivity index is 2.28. The van der Waals surface area contributed by atoms with Crippen molar-refractivity contribution in [3.63, 3.8) is 0 Å². The first-order valence-corrected chi connectivity index (χ1v) is 6.72. The van der Waals surface area contributed by atoms with Gasteiger partial charge in [-0.05, 0) is 29.8 Å². The van der Waals surface area contributed by atoms with Crippen LogP contribution in [0, 0.1) is 15.9 Å². The van der Waals surface area contributed by atoms with Crippen LogP contribution in [0.3, 0.4) is 0 Å². The van der Waals surface area contributed by atoms with Gasteiger partial charge in [-0.1, -0.05) is 24.3 Å². The predicted octanol–water partition coefficient (Wildman–Crippen LogP) is 2.80. The lowest BCUT2D eigenvalue weighted by Gasteiger charge is -2.11. The quantitative estimate of drug-likeness (QED) is 0.595. The van der Waals surface area contributed by atoms with Gasteiger partial charge in [0, 0.05) is 5.39 Å². The molecule has 7 heteroatoms. The summed E-state index contributed by atoms with van der Waals surface area (Å²) in [5.41, 5.74) is -0.801. The van der Waals surface area contributed by atoms with Gasteiger partial charge in [-0.3, -0.25) is 19.5 Å². The van der Waals surface area contributed by atoms with E-state index in [1.807, 2.05) is 0 Å². The van der Waals surface area contributed by atoms with Crippen LogP contribution in [0.2, 0.25) is 0 Å². The second kappa shape index (κ2) is 5.53. The second-order valence-corrected chi connectivity index (χ2v) is 4.99. The number of rotatable bonds is 3. The van der Waals surface area contributed by atoms with E-state index in [0.717, 1.165) is 0 Å². The zero-order chi connectivity index (χ0) is 16.6. The Morgan fingerprint density at radius 2 is 1.78 bits per heavy atom. The lowest BCUT2D eigenvalue weighted by Crippen LogP contribution is -2.23. The highest BCUT2D eigenvalue weighted by Gasteiger charge is 2.25. The largest absolute Gasteiger partial charge is 0.501 e. The number of hydrogen-bond donors (Lipinski definition) is 1. The molecule has 1 aromatic heterocycles. The van der Waals surface area contributed by atoms with Crippen LogP contribution in [0.1, 0.15) is 5.56 Å². The summed E-state index contributed by atoms with van der Waals surface area (Å²) in [7, 11) is 0. The fourth-order valence-corrected chi connectivity index (χ4v) is 2.47. The van der Waals surface area contributed by atoms with Crippen molar-refractivity contribution in [1.82, 2.24) is 4.57 Å². The highest BCUT2D eigenvalue weighted by molar-refractivity contribution is 5.88. The zero-order valence-corrected chi connectivity index (χ0v) is 11.8. The van der Waals surface area contributed by atoms with Crippen LogP contribution >= 0.6 is 0 Å². The molecule has 0 amide bonds. The Morgan fingerprint density at radius 1 is 1.13 bits per heavy atom. The molecule has 0 saturated heterocycles. The second-order valence-electron chi connectivity index (χ2n) is 4.99. The molecular formula is C16H11FN2O4. The number of hydrogen-bond acceptors (Lipinski definition) is 4. The molecule has 0 saturated carbocycles. The maximum absolute atomic E-state index is 13.0. The van der Waals surface area contributed by atoms with Gasteiger partial charge in [0.05, 0.1) is 17.0 Å². The number of aromatic hydroxyl groups is 1. The molecule has 0 radical (unpaired) electrons. The van der Waals surface area contributed by atoms with E-state index in [4.69, 9.17) is 0 Å². The monoisotopic (exact) mass is 314 g/mol. The minimum atomic E-state index is -0.907. The molecule has 0 bridgehead atoms. The van der Waals surface area contributed by atoms with Crippen LogP contribution < -0.4 is 5.56 Å². The van der Waals surface area contributed by atoms with Gasteiger partial charge in [0.25, 0.3) is 0 Å². The maximum atomic E-state index is 13.0. The summed E-state index contributed by atoms with van der Waals surface area (Å²) in [5, 5.41) is 21.4. The van der Waals surface area contributed by atoms with Crippen molar-refractivity contribution in [2.45, 2.75) is 6.54 Å². The molecule has 116 valence electrons. The van der Waals surface area contributed by atoms with Crippen molar-refractivity contribution in [2.75, 3.05) is 0 Å². The summed E-state index contributed by atoms with van der Waals surface area (Å²) in [6.45, 7) is 0.0285. The molecule has 0 spiro atoms. The van der Waals surface area contributed by atoms with E-state index in [1.165, 1.54) is 34.9 Å². The van der Waals surface area contributed by atoms with Crippen LogP contribution in [0.5, 0.6) is 5.75 Å². The molecule has 1 heterocycles. The molecule has 0 aliphatic carbocycles. The lowest BCUT2D eigenvalue weighted by molar-refractivity contribution is -0.387. The number of nitrogens with zero attached hydrogens (tertiary/aromatic N) is 2. The third kappa shape index (κ3) is 2.52. The van der Waals surface area contributed by atoms with E-state index < -0.39 is 27.7 Å². The van der Waals surface area contributed by atoms with Gasteiger partial charge < -0.3 is 5.11 Å². The Bertz CT molecular complexity index is 964. The van der Waals surface area contributed by atoms with Crippen molar-refractivity contribution in [3.8, 4) is 5.75 Å². The number of pyridine rings is 1. The average molecular weight is 314 g/mol. The topological polar surface area (TPSA) is 85.4 Å². The number of halogens is 1. The first-order chi connectivity index (χ1) is 11.0. The molecule has 0 atom stereocenters. The number of aromatic nitrogens is 1.